The Morgan fingerprint density at radius 2 is 1.88 bits per heavy atom. The van der Waals surface area contributed by atoms with Crippen LogP contribution in [0, 0.1) is 0 Å². The van der Waals surface area contributed by atoms with Crippen LogP contribution in [0.4, 0.5) is 11.4 Å². The number of nitrogens with zero attached hydrogens (tertiary/aromatic N) is 1. The van der Waals surface area contributed by atoms with Gasteiger partial charge in [0, 0.05) is 15.6 Å². The average molecular weight is 392 g/mol. The average Bonchev–Trinajstić information content (AvgIpc) is 2.61. The highest BCUT2D eigenvalue weighted by molar-refractivity contribution is 7.98. The Balaban J connectivity index is 1.92. The molecule has 138 valence electrons. The molecule has 0 aliphatic heterocycles. The minimum absolute atomic E-state index is 0.104. The number of carbonyl (C=O) groups excluding carboxylic acids is 2. The molecule has 2 rings (SSSR count). The maximum absolute atomic E-state index is 12.4. The number of hydrogen-bond acceptors (Lipinski definition) is 4. The van der Waals surface area contributed by atoms with E-state index in [2.05, 4.69) is 10.6 Å². The number of anilines is 2. The molecule has 0 saturated heterocycles. The van der Waals surface area contributed by atoms with Crippen LogP contribution in [0.5, 0.6) is 0 Å². The monoisotopic (exact) mass is 391 g/mol. The summed E-state index contributed by atoms with van der Waals surface area (Å²) in [4.78, 5) is 27.4. The Morgan fingerprint density at radius 3 is 2.58 bits per heavy atom. The SMILES string of the molecule is CSc1ccccc1NC(=O)CN(C)[C@H](C)C(=O)Nc1cccc(Cl)c1. The van der Waals surface area contributed by atoms with E-state index in [0.717, 1.165) is 10.6 Å². The van der Waals surface area contributed by atoms with Crippen LogP contribution in [-0.2, 0) is 9.59 Å². The first-order valence-electron chi connectivity index (χ1n) is 8.10. The molecule has 0 aliphatic rings. The van der Waals surface area contributed by atoms with Crippen molar-refractivity contribution >= 4 is 46.6 Å². The second-order valence-electron chi connectivity index (χ2n) is 5.84. The zero-order chi connectivity index (χ0) is 19.1. The van der Waals surface area contributed by atoms with Crippen molar-refractivity contribution in [2.24, 2.45) is 0 Å². The molecule has 0 saturated carbocycles. The molecule has 0 fully saturated rings. The molecule has 2 amide bonds. The smallest absolute Gasteiger partial charge is 0.241 e. The first-order chi connectivity index (χ1) is 12.4. The molecule has 5 nitrogen and oxygen atoms in total. The molecular weight excluding hydrogens is 370 g/mol. The summed E-state index contributed by atoms with van der Waals surface area (Å²) in [6, 6.07) is 14.1. The van der Waals surface area contributed by atoms with Crippen LogP contribution in [-0.4, -0.2) is 42.6 Å². The summed E-state index contributed by atoms with van der Waals surface area (Å²) >= 11 is 7.49. The first-order valence-corrected chi connectivity index (χ1v) is 9.70. The summed E-state index contributed by atoms with van der Waals surface area (Å²) in [6.07, 6.45) is 1.96. The molecule has 1 atom stereocenters. The summed E-state index contributed by atoms with van der Waals surface area (Å²) < 4.78 is 0. The van der Waals surface area contributed by atoms with E-state index in [-0.39, 0.29) is 18.4 Å². The van der Waals surface area contributed by atoms with Gasteiger partial charge in [0.05, 0.1) is 18.3 Å². The van der Waals surface area contributed by atoms with E-state index >= 15 is 0 Å². The van der Waals surface area contributed by atoms with E-state index in [9.17, 15) is 9.59 Å². The van der Waals surface area contributed by atoms with Crippen molar-refractivity contribution in [1.29, 1.82) is 0 Å². The van der Waals surface area contributed by atoms with Crippen molar-refractivity contribution < 1.29 is 9.59 Å². The minimum Gasteiger partial charge on any atom is -0.325 e. The number of para-hydroxylation sites is 1. The van der Waals surface area contributed by atoms with Gasteiger partial charge in [-0.1, -0.05) is 29.8 Å². The normalized spacial score (nSPS) is 11.9. The van der Waals surface area contributed by atoms with Crippen LogP contribution in [0.15, 0.2) is 53.4 Å². The van der Waals surface area contributed by atoms with E-state index in [0.29, 0.717) is 10.7 Å². The van der Waals surface area contributed by atoms with Crippen molar-refractivity contribution in [3.63, 3.8) is 0 Å². The number of benzene rings is 2. The summed E-state index contributed by atoms with van der Waals surface area (Å²) in [7, 11) is 1.74. The predicted molar refractivity (Wildman–Crippen MR) is 109 cm³/mol. The Labute approximate surface area is 163 Å². The highest BCUT2D eigenvalue weighted by Crippen LogP contribution is 2.24. The fraction of sp³-hybridized carbons (Fsp3) is 0.263. The number of rotatable bonds is 7. The Kier molecular flexibility index (Phi) is 7.50. The molecule has 2 aromatic rings. The van der Waals surface area contributed by atoms with E-state index in [1.54, 1.807) is 54.9 Å². The summed E-state index contributed by atoms with van der Waals surface area (Å²) in [5.41, 5.74) is 1.40. The van der Waals surface area contributed by atoms with Crippen LogP contribution in [0.25, 0.3) is 0 Å². The van der Waals surface area contributed by atoms with Gasteiger partial charge in [-0.2, -0.15) is 0 Å². The third-order valence-corrected chi connectivity index (χ3v) is 4.94. The number of halogens is 1. The Morgan fingerprint density at radius 1 is 1.15 bits per heavy atom. The molecule has 26 heavy (non-hydrogen) atoms. The van der Waals surface area contributed by atoms with Gasteiger partial charge in [0.2, 0.25) is 11.8 Å². The van der Waals surface area contributed by atoms with Gasteiger partial charge in [0.1, 0.15) is 0 Å². The van der Waals surface area contributed by atoms with Gasteiger partial charge in [0.15, 0.2) is 0 Å². The maximum Gasteiger partial charge on any atom is 0.241 e. The van der Waals surface area contributed by atoms with Crippen LogP contribution in [0.1, 0.15) is 6.92 Å². The number of hydrogen-bond donors (Lipinski definition) is 2. The lowest BCUT2D eigenvalue weighted by atomic mass is 10.2. The zero-order valence-corrected chi connectivity index (χ0v) is 16.5. The largest absolute Gasteiger partial charge is 0.325 e. The lowest BCUT2D eigenvalue weighted by Gasteiger charge is -2.23. The van der Waals surface area contributed by atoms with Crippen LogP contribution in [0.2, 0.25) is 5.02 Å². The Hall–Kier alpha value is -2.02. The second kappa shape index (κ2) is 9.62. The minimum atomic E-state index is -0.476. The van der Waals surface area contributed by atoms with Crippen LogP contribution < -0.4 is 10.6 Å². The molecule has 0 aliphatic carbocycles. The van der Waals surface area contributed by atoms with E-state index in [1.807, 2.05) is 30.5 Å². The van der Waals surface area contributed by atoms with Crippen molar-refractivity contribution in [2.45, 2.75) is 17.9 Å². The summed E-state index contributed by atoms with van der Waals surface area (Å²) in [5.74, 6) is -0.372. The van der Waals surface area contributed by atoms with Gasteiger partial charge in [-0.05, 0) is 50.6 Å². The maximum atomic E-state index is 12.4. The molecule has 0 spiro atoms. The van der Waals surface area contributed by atoms with Gasteiger partial charge < -0.3 is 10.6 Å². The zero-order valence-electron chi connectivity index (χ0n) is 15.0. The number of amides is 2. The van der Waals surface area contributed by atoms with Crippen molar-refractivity contribution in [3.8, 4) is 0 Å². The lowest BCUT2D eigenvalue weighted by Crippen LogP contribution is -2.43. The van der Waals surface area contributed by atoms with Crippen LogP contribution >= 0.6 is 23.4 Å². The standard InChI is InChI=1S/C19H22ClN3O2S/c1-13(19(25)21-15-8-6-7-14(20)11-15)23(2)12-18(24)22-16-9-4-5-10-17(16)26-3/h4-11,13H,12H2,1-3H3,(H,21,25)(H,22,24)/t13-/m1/s1. The third kappa shape index (κ3) is 5.76. The van der Waals surface area contributed by atoms with Gasteiger partial charge in [-0.15, -0.1) is 11.8 Å². The molecular formula is C19H22ClN3O2S. The molecule has 0 aromatic heterocycles. The number of carbonyl (C=O) groups is 2. The molecule has 0 bridgehead atoms. The number of thioether (sulfide) groups is 1. The fourth-order valence-corrected chi connectivity index (χ4v) is 3.06. The fourth-order valence-electron chi connectivity index (χ4n) is 2.31. The van der Waals surface area contributed by atoms with Gasteiger partial charge >= 0.3 is 0 Å². The van der Waals surface area contributed by atoms with Crippen molar-refractivity contribution in [2.75, 3.05) is 30.5 Å². The summed E-state index contributed by atoms with van der Waals surface area (Å²) in [6.45, 7) is 1.86. The highest BCUT2D eigenvalue weighted by atomic mass is 35.5. The van der Waals surface area contributed by atoms with E-state index in [4.69, 9.17) is 11.6 Å². The van der Waals surface area contributed by atoms with Crippen molar-refractivity contribution in [3.05, 3.63) is 53.6 Å². The molecule has 7 heteroatoms. The van der Waals surface area contributed by atoms with Gasteiger partial charge in [0.25, 0.3) is 0 Å². The molecule has 0 heterocycles. The van der Waals surface area contributed by atoms with E-state index in [1.165, 1.54) is 0 Å². The van der Waals surface area contributed by atoms with Gasteiger partial charge in [-0.3, -0.25) is 14.5 Å². The topological polar surface area (TPSA) is 61.4 Å². The van der Waals surface area contributed by atoms with Crippen LogP contribution in [0.3, 0.4) is 0 Å². The highest BCUT2D eigenvalue weighted by Gasteiger charge is 2.20. The number of nitrogens with one attached hydrogen (secondary N) is 2. The molecule has 0 unspecified atom stereocenters. The van der Waals surface area contributed by atoms with E-state index < -0.39 is 6.04 Å². The molecule has 2 N–H and O–H groups in total. The summed E-state index contributed by atoms with van der Waals surface area (Å²) in [5, 5.41) is 6.25. The predicted octanol–water partition coefficient (Wildman–Crippen LogP) is 3.96. The molecule has 0 radical (unpaired) electrons. The van der Waals surface area contributed by atoms with Crippen molar-refractivity contribution in [1.82, 2.24) is 4.90 Å². The lowest BCUT2D eigenvalue weighted by molar-refractivity contribution is -0.122. The molecule has 2 aromatic carbocycles. The Bertz CT molecular complexity index is 785. The first kappa shape index (κ1) is 20.3. The number of likely N-dealkylation sites (N-methyl/N-ethyl adjacent to an activating group) is 1. The van der Waals surface area contributed by atoms with Gasteiger partial charge in [-0.25, -0.2) is 0 Å². The quantitative estimate of drug-likeness (QED) is 0.701. The second-order valence-corrected chi connectivity index (χ2v) is 7.12. The third-order valence-electron chi connectivity index (χ3n) is 3.91.